The van der Waals surface area contributed by atoms with Crippen LogP contribution in [0.25, 0.3) is 0 Å². The number of carbonyl (C=O) groups is 2. The third-order valence-electron chi connectivity index (χ3n) is 7.04. The summed E-state index contributed by atoms with van der Waals surface area (Å²) < 4.78 is 5.34. The smallest absolute Gasteiger partial charge is 0.308 e. The van der Waals surface area contributed by atoms with E-state index in [9.17, 15) is 14.7 Å². The average Bonchev–Trinajstić information content (AvgIpc) is 2.63. The van der Waals surface area contributed by atoms with E-state index in [0.29, 0.717) is 29.9 Å². The molecule has 5 heteroatoms. The van der Waals surface area contributed by atoms with Crippen LogP contribution in [-0.4, -0.2) is 30.6 Å². The molecule has 4 saturated carbocycles. The van der Waals surface area contributed by atoms with Crippen molar-refractivity contribution in [1.29, 1.82) is 0 Å². The topological polar surface area (TPSA) is 75.6 Å². The lowest BCUT2D eigenvalue weighted by molar-refractivity contribution is -0.147. The summed E-state index contributed by atoms with van der Waals surface area (Å²) >= 11 is 0. The molecule has 0 saturated heterocycles. The maximum absolute atomic E-state index is 13.1. The zero-order valence-electron chi connectivity index (χ0n) is 15.9. The van der Waals surface area contributed by atoms with Crippen molar-refractivity contribution in [3.8, 4) is 5.75 Å². The van der Waals surface area contributed by atoms with Crippen LogP contribution in [0, 0.1) is 29.1 Å². The highest BCUT2D eigenvalue weighted by Gasteiger charge is 2.54. The van der Waals surface area contributed by atoms with Gasteiger partial charge in [-0.15, -0.1) is 0 Å². The fourth-order valence-corrected chi connectivity index (χ4v) is 6.18. The third kappa shape index (κ3) is 3.56. The first-order valence-corrected chi connectivity index (χ1v) is 10.1. The molecule has 4 bridgehead atoms. The Hall–Kier alpha value is -2.04. The lowest BCUT2D eigenvalue weighted by Gasteiger charge is -2.55. The van der Waals surface area contributed by atoms with Crippen molar-refractivity contribution in [3.05, 3.63) is 29.8 Å². The van der Waals surface area contributed by atoms with Crippen molar-refractivity contribution in [2.45, 2.75) is 44.9 Å². The van der Waals surface area contributed by atoms with Gasteiger partial charge < -0.3 is 15.2 Å². The van der Waals surface area contributed by atoms with E-state index < -0.39 is 11.9 Å². The van der Waals surface area contributed by atoms with Gasteiger partial charge in [-0.25, -0.2) is 0 Å². The van der Waals surface area contributed by atoms with Crippen molar-refractivity contribution < 1.29 is 19.4 Å². The Bertz CT molecular complexity index is 693. The molecule has 5 nitrogen and oxygen atoms in total. The SMILES string of the molecule is COc1ccccc1CC(CNC(=O)C12CC3CC(CC(C3)C1)C2)C(=O)O. The molecule has 27 heavy (non-hydrogen) atoms. The molecule has 146 valence electrons. The molecule has 0 radical (unpaired) electrons. The second-order valence-electron chi connectivity index (χ2n) is 8.96. The molecule has 4 aliphatic rings. The van der Waals surface area contributed by atoms with Crippen LogP contribution in [0.4, 0.5) is 0 Å². The number of amides is 1. The van der Waals surface area contributed by atoms with E-state index in [1.807, 2.05) is 24.3 Å². The number of carbonyl (C=O) groups excluding carboxylic acids is 1. The number of hydrogen-bond donors (Lipinski definition) is 2. The van der Waals surface area contributed by atoms with Crippen LogP contribution in [0.1, 0.15) is 44.1 Å². The first kappa shape index (κ1) is 18.3. The Labute approximate surface area is 160 Å². The number of methoxy groups -OCH3 is 1. The quantitative estimate of drug-likeness (QED) is 0.771. The number of para-hydroxylation sites is 1. The van der Waals surface area contributed by atoms with Gasteiger partial charge in [0.1, 0.15) is 5.75 Å². The average molecular weight is 371 g/mol. The molecule has 2 N–H and O–H groups in total. The van der Waals surface area contributed by atoms with Gasteiger partial charge >= 0.3 is 5.97 Å². The second-order valence-corrected chi connectivity index (χ2v) is 8.96. The van der Waals surface area contributed by atoms with Gasteiger partial charge in [-0.05, 0) is 74.3 Å². The summed E-state index contributed by atoms with van der Waals surface area (Å²) in [6.07, 6.45) is 7.20. The zero-order valence-corrected chi connectivity index (χ0v) is 15.9. The van der Waals surface area contributed by atoms with Gasteiger partial charge in [-0.3, -0.25) is 9.59 Å². The lowest BCUT2D eigenvalue weighted by Crippen LogP contribution is -2.54. The van der Waals surface area contributed by atoms with Crippen LogP contribution in [0.5, 0.6) is 5.75 Å². The fourth-order valence-electron chi connectivity index (χ4n) is 6.18. The molecule has 0 aliphatic heterocycles. The largest absolute Gasteiger partial charge is 0.496 e. The summed E-state index contributed by atoms with van der Waals surface area (Å²) in [5.41, 5.74) is 0.624. The summed E-state index contributed by atoms with van der Waals surface area (Å²) in [4.78, 5) is 24.8. The minimum atomic E-state index is -0.883. The number of ether oxygens (including phenoxy) is 1. The molecule has 1 unspecified atom stereocenters. The normalized spacial score (nSPS) is 32.1. The second kappa shape index (κ2) is 7.17. The summed E-state index contributed by atoms with van der Waals surface area (Å²) in [6, 6.07) is 7.47. The van der Waals surface area contributed by atoms with Crippen LogP contribution in [0.2, 0.25) is 0 Å². The van der Waals surface area contributed by atoms with Crippen molar-refractivity contribution in [2.24, 2.45) is 29.1 Å². The highest BCUT2D eigenvalue weighted by atomic mass is 16.5. The van der Waals surface area contributed by atoms with Crippen LogP contribution in [0.15, 0.2) is 24.3 Å². The van der Waals surface area contributed by atoms with E-state index in [0.717, 1.165) is 24.8 Å². The number of carboxylic acid groups (broad SMARTS) is 1. The lowest BCUT2D eigenvalue weighted by atomic mass is 9.49. The van der Waals surface area contributed by atoms with Crippen molar-refractivity contribution in [2.75, 3.05) is 13.7 Å². The third-order valence-corrected chi connectivity index (χ3v) is 7.04. The van der Waals surface area contributed by atoms with Crippen molar-refractivity contribution in [1.82, 2.24) is 5.32 Å². The van der Waals surface area contributed by atoms with Gasteiger partial charge in [0.2, 0.25) is 5.91 Å². The van der Waals surface area contributed by atoms with Gasteiger partial charge in [-0.2, -0.15) is 0 Å². The Morgan fingerprint density at radius 3 is 2.30 bits per heavy atom. The molecular weight excluding hydrogens is 342 g/mol. The minimum Gasteiger partial charge on any atom is -0.496 e. The van der Waals surface area contributed by atoms with E-state index >= 15 is 0 Å². The molecule has 0 heterocycles. The molecule has 1 aromatic rings. The summed E-state index contributed by atoms with van der Waals surface area (Å²) in [6.45, 7) is 0.175. The van der Waals surface area contributed by atoms with Crippen molar-refractivity contribution in [3.63, 3.8) is 0 Å². The molecule has 1 aromatic carbocycles. The van der Waals surface area contributed by atoms with Crippen LogP contribution in [-0.2, 0) is 16.0 Å². The standard InChI is InChI=1S/C22H29NO4/c1-27-19-5-3-2-4-17(19)9-18(20(24)25)13-23-21(26)22-10-14-6-15(11-22)8-16(7-14)12-22/h2-5,14-16,18H,6-13H2,1H3,(H,23,26)(H,24,25). The van der Waals surface area contributed by atoms with Gasteiger partial charge in [0.15, 0.2) is 0 Å². The fraction of sp³-hybridized carbons (Fsp3) is 0.636. The number of hydrogen-bond acceptors (Lipinski definition) is 3. The van der Waals surface area contributed by atoms with E-state index in [2.05, 4.69) is 5.32 Å². The molecule has 4 aliphatic carbocycles. The number of carboxylic acids is 1. The van der Waals surface area contributed by atoms with Crippen LogP contribution < -0.4 is 10.1 Å². The Morgan fingerprint density at radius 1 is 1.15 bits per heavy atom. The highest BCUT2D eigenvalue weighted by molar-refractivity contribution is 5.83. The Morgan fingerprint density at radius 2 is 1.74 bits per heavy atom. The van der Waals surface area contributed by atoms with Gasteiger partial charge in [-0.1, -0.05) is 18.2 Å². The van der Waals surface area contributed by atoms with Gasteiger partial charge in [0.25, 0.3) is 0 Å². The van der Waals surface area contributed by atoms with Crippen LogP contribution >= 0.6 is 0 Å². The van der Waals surface area contributed by atoms with E-state index in [4.69, 9.17) is 4.74 Å². The Kier molecular flexibility index (Phi) is 4.87. The van der Waals surface area contributed by atoms with E-state index in [1.54, 1.807) is 7.11 Å². The predicted octanol–water partition coefficient (Wildman–Crippen LogP) is 3.27. The summed E-state index contributed by atoms with van der Waals surface area (Å²) in [7, 11) is 1.59. The minimum absolute atomic E-state index is 0.0906. The first-order valence-electron chi connectivity index (χ1n) is 10.1. The molecule has 0 spiro atoms. The molecule has 5 rings (SSSR count). The van der Waals surface area contributed by atoms with Gasteiger partial charge in [0.05, 0.1) is 13.0 Å². The summed E-state index contributed by atoms with van der Waals surface area (Å²) in [5, 5.41) is 12.7. The number of benzene rings is 1. The van der Waals surface area contributed by atoms with Crippen molar-refractivity contribution >= 4 is 11.9 Å². The van der Waals surface area contributed by atoms with Crippen LogP contribution in [0.3, 0.4) is 0 Å². The maximum atomic E-state index is 13.1. The molecular formula is C22H29NO4. The van der Waals surface area contributed by atoms with E-state index in [1.165, 1.54) is 19.3 Å². The molecule has 4 fully saturated rings. The number of rotatable bonds is 7. The molecule has 1 atom stereocenters. The molecule has 0 aromatic heterocycles. The highest BCUT2D eigenvalue weighted by Crippen LogP contribution is 2.60. The predicted molar refractivity (Wildman–Crippen MR) is 101 cm³/mol. The first-order chi connectivity index (χ1) is 13.0. The zero-order chi connectivity index (χ0) is 19.0. The van der Waals surface area contributed by atoms with Gasteiger partial charge in [0, 0.05) is 12.0 Å². The van der Waals surface area contributed by atoms with E-state index in [-0.39, 0.29) is 17.9 Å². The Balaban J connectivity index is 1.41. The number of nitrogens with one attached hydrogen (secondary N) is 1. The monoisotopic (exact) mass is 371 g/mol. The number of aliphatic carboxylic acids is 1. The molecule has 1 amide bonds. The maximum Gasteiger partial charge on any atom is 0.308 e. The summed E-state index contributed by atoms with van der Waals surface area (Å²) in [5.74, 6) is 1.34.